The van der Waals surface area contributed by atoms with E-state index in [9.17, 15) is 9.59 Å². The van der Waals surface area contributed by atoms with E-state index >= 15 is 0 Å². The fourth-order valence-corrected chi connectivity index (χ4v) is 2.10. The molecule has 2 rings (SSSR count). The van der Waals surface area contributed by atoms with Gasteiger partial charge in [0.25, 0.3) is 11.5 Å². The molecule has 0 spiro atoms. The molecule has 0 fully saturated rings. The first-order valence-electron chi connectivity index (χ1n) is 6.51. The minimum Gasteiger partial charge on any atom is -0.383 e. The van der Waals surface area contributed by atoms with E-state index < -0.39 is 11.5 Å². The topological polar surface area (TPSA) is 91.0 Å². The molecule has 2 aromatic rings. The summed E-state index contributed by atoms with van der Waals surface area (Å²) < 4.78 is 7.51. The number of aromatic nitrogens is 4. The molecule has 0 aliphatic carbocycles. The molecule has 1 atom stereocenters. The predicted octanol–water partition coefficient (Wildman–Crippen LogP) is 0.384. The van der Waals surface area contributed by atoms with Crippen LogP contribution in [0.5, 0.6) is 0 Å². The van der Waals surface area contributed by atoms with Crippen LogP contribution in [0, 0.1) is 0 Å². The fraction of sp³-hybridized carbons (Fsp3) is 0.385. The van der Waals surface area contributed by atoms with Crippen molar-refractivity contribution in [2.45, 2.75) is 13.0 Å². The number of nitrogens with one attached hydrogen (secondary N) is 1. The zero-order valence-electron chi connectivity index (χ0n) is 12.4. The minimum atomic E-state index is -0.570. The van der Waals surface area contributed by atoms with E-state index in [1.165, 1.54) is 24.1 Å². The Bertz CT molecular complexity index is 740. The molecule has 8 nitrogen and oxygen atoms in total. The summed E-state index contributed by atoms with van der Waals surface area (Å²) >= 11 is 5.92. The minimum absolute atomic E-state index is 0.0352. The van der Waals surface area contributed by atoms with Crippen molar-refractivity contribution >= 4 is 17.5 Å². The zero-order chi connectivity index (χ0) is 16.3. The first kappa shape index (κ1) is 16.2. The first-order valence-corrected chi connectivity index (χ1v) is 6.89. The van der Waals surface area contributed by atoms with Crippen molar-refractivity contribution in [1.82, 2.24) is 24.9 Å². The van der Waals surface area contributed by atoms with Gasteiger partial charge in [-0.15, -0.1) is 0 Å². The van der Waals surface area contributed by atoms with E-state index in [4.69, 9.17) is 16.3 Å². The molecular formula is C13H16ClN5O3. The Morgan fingerprint density at radius 1 is 1.55 bits per heavy atom. The lowest BCUT2D eigenvalue weighted by Gasteiger charge is -2.13. The summed E-state index contributed by atoms with van der Waals surface area (Å²) in [4.78, 5) is 24.6. The molecule has 0 saturated heterocycles. The van der Waals surface area contributed by atoms with Crippen molar-refractivity contribution in [2.75, 3.05) is 13.7 Å². The summed E-state index contributed by atoms with van der Waals surface area (Å²) in [5.41, 5.74) is -0.236. The molecule has 0 radical (unpaired) electrons. The van der Waals surface area contributed by atoms with Crippen molar-refractivity contribution in [3.8, 4) is 5.69 Å². The van der Waals surface area contributed by atoms with Gasteiger partial charge >= 0.3 is 0 Å². The predicted molar refractivity (Wildman–Crippen MR) is 80.4 cm³/mol. The second-order valence-electron chi connectivity index (χ2n) is 4.80. The number of hydrogen-bond acceptors (Lipinski definition) is 5. The van der Waals surface area contributed by atoms with Gasteiger partial charge in [-0.25, -0.2) is 0 Å². The Hall–Kier alpha value is -2.19. The third kappa shape index (κ3) is 3.52. The van der Waals surface area contributed by atoms with E-state index in [0.29, 0.717) is 12.3 Å². The number of carbonyl (C=O) groups excluding carboxylic acids is 1. The molecule has 0 aromatic carbocycles. The van der Waals surface area contributed by atoms with Gasteiger partial charge in [-0.1, -0.05) is 11.6 Å². The van der Waals surface area contributed by atoms with Crippen molar-refractivity contribution in [1.29, 1.82) is 0 Å². The van der Waals surface area contributed by atoms with Gasteiger partial charge in [0, 0.05) is 20.2 Å². The van der Waals surface area contributed by atoms with Gasteiger partial charge in [0.2, 0.25) is 0 Å². The molecule has 1 amide bonds. The third-order valence-electron chi connectivity index (χ3n) is 2.86. The summed E-state index contributed by atoms with van der Waals surface area (Å²) in [6.07, 6.45) is 3.06. The van der Waals surface area contributed by atoms with Crippen LogP contribution < -0.4 is 10.9 Å². The number of hydrogen-bond donors (Lipinski definition) is 1. The normalized spacial score (nSPS) is 12.2. The van der Waals surface area contributed by atoms with Gasteiger partial charge in [-0.2, -0.15) is 14.9 Å². The quantitative estimate of drug-likeness (QED) is 0.858. The molecule has 0 bridgehead atoms. The average molecular weight is 326 g/mol. The summed E-state index contributed by atoms with van der Waals surface area (Å²) in [7, 11) is 3.24. The molecule has 9 heteroatoms. The van der Waals surface area contributed by atoms with E-state index in [1.54, 1.807) is 20.2 Å². The van der Waals surface area contributed by atoms with Crippen LogP contribution in [0.4, 0.5) is 0 Å². The number of ether oxygens (including phenoxy) is 1. The summed E-state index contributed by atoms with van der Waals surface area (Å²) in [5, 5.41) is 10.6. The van der Waals surface area contributed by atoms with Crippen LogP contribution in [0.3, 0.4) is 0 Å². The maximum Gasteiger partial charge on any atom is 0.284 e. The number of halogens is 1. The highest BCUT2D eigenvalue weighted by Crippen LogP contribution is 2.08. The van der Waals surface area contributed by atoms with Crippen LogP contribution in [0.1, 0.15) is 17.3 Å². The molecule has 2 aromatic heterocycles. The van der Waals surface area contributed by atoms with E-state index in [2.05, 4.69) is 15.5 Å². The number of carbonyl (C=O) groups is 1. The Balaban J connectivity index is 2.39. The van der Waals surface area contributed by atoms with Gasteiger partial charge in [0.15, 0.2) is 5.15 Å². The van der Waals surface area contributed by atoms with Crippen molar-refractivity contribution in [2.24, 2.45) is 7.05 Å². The van der Waals surface area contributed by atoms with Crippen molar-refractivity contribution in [3.05, 3.63) is 39.5 Å². The molecule has 0 saturated carbocycles. The fourth-order valence-electron chi connectivity index (χ4n) is 1.91. The molecule has 1 N–H and O–H groups in total. The lowest BCUT2D eigenvalue weighted by atomic mass is 10.2. The number of amides is 1. The molecule has 2 heterocycles. The Morgan fingerprint density at radius 3 is 2.86 bits per heavy atom. The highest BCUT2D eigenvalue weighted by Gasteiger charge is 2.18. The maximum absolute atomic E-state index is 12.4. The second kappa shape index (κ2) is 6.71. The molecule has 22 heavy (non-hydrogen) atoms. The Kier molecular flexibility index (Phi) is 4.94. The molecule has 118 valence electrons. The molecule has 0 aliphatic rings. The van der Waals surface area contributed by atoms with Gasteiger partial charge in [0.05, 0.1) is 19.0 Å². The Labute approximate surface area is 131 Å². The lowest BCUT2D eigenvalue weighted by molar-refractivity contribution is 0.0903. The van der Waals surface area contributed by atoms with Gasteiger partial charge in [-0.05, 0) is 13.0 Å². The maximum atomic E-state index is 12.4. The third-order valence-corrected chi connectivity index (χ3v) is 3.04. The second-order valence-corrected chi connectivity index (χ2v) is 5.19. The average Bonchev–Trinajstić information content (AvgIpc) is 2.87. The Morgan fingerprint density at radius 2 is 2.27 bits per heavy atom. The van der Waals surface area contributed by atoms with Gasteiger partial charge in [0.1, 0.15) is 11.3 Å². The number of nitrogens with zero attached hydrogens (tertiary/aromatic N) is 4. The highest BCUT2D eigenvalue weighted by molar-refractivity contribution is 6.29. The summed E-state index contributed by atoms with van der Waals surface area (Å²) in [5.74, 6) is -0.531. The monoisotopic (exact) mass is 325 g/mol. The van der Waals surface area contributed by atoms with Crippen molar-refractivity contribution < 1.29 is 9.53 Å². The summed E-state index contributed by atoms with van der Waals surface area (Å²) in [6.45, 7) is 2.10. The van der Waals surface area contributed by atoms with Crippen LogP contribution in [0.15, 0.2) is 23.3 Å². The molecular weight excluding hydrogens is 310 g/mol. The van der Waals surface area contributed by atoms with Crippen molar-refractivity contribution in [3.63, 3.8) is 0 Å². The number of rotatable bonds is 5. The first-order chi connectivity index (χ1) is 10.4. The van der Waals surface area contributed by atoms with Gasteiger partial charge < -0.3 is 10.1 Å². The van der Waals surface area contributed by atoms with E-state index in [0.717, 1.165) is 4.68 Å². The van der Waals surface area contributed by atoms with E-state index in [1.807, 2.05) is 0 Å². The zero-order valence-corrected chi connectivity index (χ0v) is 13.2. The smallest absolute Gasteiger partial charge is 0.284 e. The summed E-state index contributed by atoms with van der Waals surface area (Å²) in [6, 6.07) is 1.00. The number of aryl methyl sites for hydroxylation is 1. The van der Waals surface area contributed by atoms with Crippen LogP contribution in [-0.2, 0) is 11.8 Å². The van der Waals surface area contributed by atoms with Crippen LogP contribution in [0.2, 0.25) is 5.15 Å². The molecule has 0 unspecified atom stereocenters. The van der Waals surface area contributed by atoms with E-state index in [-0.39, 0.29) is 16.8 Å². The highest BCUT2D eigenvalue weighted by atomic mass is 35.5. The molecule has 0 aliphatic heterocycles. The van der Waals surface area contributed by atoms with Gasteiger partial charge in [-0.3, -0.25) is 14.3 Å². The van der Waals surface area contributed by atoms with Crippen LogP contribution in [0.25, 0.3) is 5.69 Å². The lowest BCUT2D eigenvalue weighted by Crippen LogP contribution is -2.39. The standard InChI is InChI=1S/C13H16ClN5O3/c1-8(7-22-3)16-12(20)10-4-11(14)17-19(13(10)21)9-5-15-18(2)6-9/h4-6,8H,7H2,1-3H3,(H,16,20)/t8-/m0/s1. The van der Waals surface area contributed by atoms with Crippen LogP contribution >= 0.6 is 11.6 Å². The number of methoxy groups -OCH3 is 1. The van der Waals surface area contributed by atoms with Crippen LogP contribution in [-0.4, -0.2) is 45.2 Å². The SMILES string of the molecule is COC[C@H](C)NC(=O)c1cc(Cl)nn(-c2cnn(C)c2)c1=O. The largest absolute Gasteiger partial charge is 0.383 e.